The van der Waals surface area contributed by atoms with Gasteiger partial charge in [-0.15, -0.1) is 11.3 Å². The van der Waals surface area contributed by atoms with Crippen molar-refractivity contribution in [1.82, 2.24) is 14.5 Å². The minimum absolute atomic E-state index is 0.143. The van der Waals surface area contributed by atoms with Gasteiger partial charge in [-0.2, -0.15) is 0 Å². The van der Waals surface area contributed by atoms with E-state index in [0.717, 1.165) is 72.4 Å². The number of fused-ring (bicyclic) bond motifs is 4. The first-order valence-electron chi connectivity index (χ1n) is 12.1. The van der Waals surface area contributed by atoms with Crippen LogP contribution in [-0.4, -0.2) is 33.4 Å². The van der Waals surface area contributed by atoms with Crippen LogP contribution in [0.3, 0.4) is 0 Å². The van der Waals surface area contributed by atoms with Crippen molar-refractivity contribution in [3.8, 4) is 5.69 Å². The summed E-state index contributed by atoms with van der Waals surface area (Å²) in [4.78, 5) is 20.0. The summed E-state index contributed by atoms with van der Waals surface area (Å²) in [5.74, 6) is 0.143. The van der Waals surface area contributed by atoms with Gasteiger partial charge in [0.1, 0.15) is 0 Å². The molecule has 4 nitrogen and oxygen atoms in total. The van der Waals surface area contributed by atoms with Crippen molar-refractivity contribution < 1.29 is 4.79 Å². The Kier molecular flexibility index (Phi) is 6.32. The quantitative estimate of drug-likeness (QED) is 0.351. The number of nitrogens with zero attached hydrogens (tertiary/aromatic N) is 3. The molecule has 0 aliphatic carbocycles. The normalized spacial score (nSPS) is 14.9. The van der Waals surface area contributed by atoms with Gasteiger partial charge in [-0.05, 0) is 93.0 Å². The second-order valence-electron chi connectivity index (χ2n) is 8.95. The Bertz CT molecular complexity index is 1290. The van der Waals surface area contributed by atoms with E-state index in [1.807, 2.05) is 25.1 Å². The second kappa shape index (κ2) is 9.52. The number of thiazole rings is 1. The molecule has 1 aliphatic heterocycles. The zero-order valence-electron chi connectivity index (χ0n) is 19.5. The molecule has 33 heavy (non-hydrogen) atoms. The van der Waals surface area contributed by atoms with Gasteiger partial charge in [-0.25, -0.2) is 4.98 Å². The molecule has 4 aromatic rings. The van der Waals surface area contributed by atoms with Gasteiger partial charge in [0.05, 0.1) is 15.2 Å². The highest BCUT2D eigenvalue weighted by Gasteiger charge is 2.18. The van der Waals surface area contributed by atoms with Gasteiger partial charge in [0.15, 0.2) is 0 Å². The zero-order valence-corrected chi connectivity index (χ0v) is 20.3. The number of amides is 1. The Labute approximate surface area is 199 Å². The summed E-state index contributed by atoms with van der Waals surface area (Å²) in [6, 6.07) is 17.2. The summed E-state index contributed by atoms with van der Waals surface area (Å²) in [6.45, 7) is 5.82. The molecule has 3 heterocycles. The van der Waals surface area contributed by atoms with Crippen molar-refractivity contribution in [3.63, 3.8) is 0 Å². The van der Waals surface area contributed by atoms with Crippen LogP contribution in [0.2, 0.25) is 0 Å². The number of aryl methyl sites for hydroxylation is 4. The van der Waals surface area contributed by atoms with Gasteiger partial charge in [-0.3, -0.25) is 4.79 Å². The monoisotopic (exact) mass is 457 g/mol. The minimum atomic E-state index is 0.143. The topological polar surface area (TPSA) is 38.1 Å². The molecule has 0 spiro atoms. The molecule has 2 aromatic heterocycles. The highest BCUT2D eigenvalue weighted by Crippen LogP contribution is 2.25. The zero-order chi connectivity index (χ0) is 22.8. The fourth-order valence-electron chi connectivity index (χ4n) is 4.89. The molecule has 5 heteroatoms. The molecule has 0 N–H and O–H groups in total. The lowest BCUT2D eigenvalue weighted by Crippen LogP contribution is -2.33. The molecule has 0 fully saturated rings. The van der Waals surface area contributed by atoms with Crippen molar-refractivity contribution >= 4 is 27.5 Å². The number of carbonyl (C=O) groups excluding carboxylic acids is 1. The van der Waals surface area contributed by atoms with E-state index in [1.54, 1.807) is 11.3 Å². The number of aromatic nitrogens is 2. The van der Waals surface area contributed by atoms with Crippen molar-refractivity contribution in [3.05, 3.63) is 82.1 Å². The predicted octanol–water partition coefficient (Wildman–Crippen LogP) is 6.37. The fraction of sp³-hybridized carbons (Fsp3) is 0.357. The van der Waals surface area contributed by atoms with Crippen LogP contribution in [-0.2, 0) is 19.3 Å². The Morgan fingerprint density at radius 3 is 2.79 bits per heavy atom. The van der Waals surface area contributed by atoms with Crippen LogP contribution in [0.15, 0.2) is 54.7 Å². The fourth-order valence-corrected chi connectivity index (χ4v) is 5.75. The van der Waals surface area contributed by atoms with Gasteiger partial charge < -0.3 is 9.47 Å². The van der Waals surface area contributed by atoms with Gasteiger partial charge >= 0.3 is 0 Å². The molecule has 5 rings (SSSR count). The molecular formula is C28H31N3OS. The number of hydrogen-bond acceptors (Lipinski definition) is 3. The maximum atomic E-state index is 13.4. The highest BCUT2D eigenvalue weighted by molar-refractivity contribution is 7.18. The third-order valence-corrected chi connectivity index (χ3v) is 7.59. The molecule has 0 atom stereocenters. The number of benzene rings is 2. The maximum absolute atomic E-state index is 13.4. The van der Waals surface area contributed by atoms with Crippen LogP contribution in [0, 0.1) is 6.92 Å². The van der Waals surface area contributed by atoms with Crippen LogP contribution in [0.4, 0.5) is 0 Å². The Morgan fingerprint density at radius 2 is 1.91 bits per heavy atom. The smallest absolute Gasteiger partial charge is 0.253 e. The first-order chi connectivity index (χ1) is 16.1. The minimum Gasteiger partial charge on any atom is -0.339 e. The van der Waals surface area contributed by atoms with E-state index in [0.29, 0.717) is 0 Å². The van der Waals surface area contributed by atoms with E-state index in [9.17, 15) is 4.79 Å². The number of rotatable bonds is 2. The van der Waals surface area contributed by atoms with E-state index < -0.39 is 0 Å². The van der Waals surface area contributed by atoms with Crippen molar-refractivity contribution in [2.24, 2.45) is 0 Å². The maximum Gasteiger partial charge on any atom is 0.253 e. The average molecular weight is 458 g/mol. The number of hydrogen-bond donors (Lipinski definition) is 0. The van der Waals surface area contributed by atoms with E-state index in [-0.39, 0.29) is 5.91 Å². The van der Waals surface area contributed by atoms with Crippen LogP contribution in [0.25, 0.3) is 15.9 Å². The van der Waals surface area contributed by atoms with Gasteiger partial charge in [0.2, 0.25) is 0 Å². The molecule has 1 aliphatic rings. The van der Waals surface area contributed by atoms with Crippen LogP contribution >= 0.6 is 11.3 Å². The molecular weight excluding hydrogens is 426 g/mol. The lowest BCUT2D eigenvalue weighted by Gasteiger charge is -2.24. The molecule has 170 valence electrons. The molecule has 0 saturated heterocycles. The van der Waals surface area contributed by atoms with Crippen LogP contribution in [0.1, 0.15) is 58.4 Å². The third kappa shape index (κ3) is 4.60. The molecule has 0 unspecified atom stereocenters. The highest BCUT2D eigenvalue weighted by atomic mass is 32.1. The lowest BCUT2D eigenvalue weighted by atomic mass is 10.0. The van der Waals surface area contributed by atoms with Crippen molar-refractivity contribution in [1.29, 1.82) is 0 Å². The van der Waals surface area contributed by atoms with E-state index in [4.69, 9.17) is 0 Å². The Balaban J connectivity index is 1.39. The van der Waals surface area contributed by atoms with Crippen molar-refractivity contribution in [2.75, 3.05) is 13.1 Å². The summed E-state index contributed by atoms with van der Waals surface area (Å²) in [7, 11) is 0. The molecule has 1 amide bonds. The average Bonchev–Trinajstić information content (AvgIpc) is 3.43. The SMILES string of the molecule is CCc1ccc2c(c1)CCCCN(C(=O)c1ccc3nc(C)sc3c1)CCCc1cccn1-2. The number of carbonyl (C=O) groups is 1. The van der Waals surface area contributed by atoms with E-state index in [2.05, 4.69) is 57.9 Å². The summed E-state index contributed by atoms with van der Waals surface area (Å²) < 4.78 is 3.44. The predicted molar refractivity (Wildman–Crippen MR) is 137 cm³/mol. The van der Waals surface area contributed by atoms with Crippen LogP contribution < -0.4 is 0 Å². The molecule has 0 radical (unpaired) electrons. The lowest BCUT2D eigenvalue weighted by molar-refractivity contribution is 0.0751. The molecule has 0 saturated carbocycles. The van der Waals surface area contributed by atoms with Gasteiger partial charge in [0, 0.05) is 36.2 Å². The summed E-state index contributed by atoms with van der Waals surface area (Å²) in [6.07, 6.45) is 8.28. The molecule has 0 bridgehead atoms. The second-order valence-corrected chi connectivity index (χ2v) is 10.2. The standard InChI is InChI=1S/C28H31N3OS/c1-3-21-11-14-26-22(18-21)8-4-5-15-30(16-6-9-24-10-7-17-31(24)26)28(32)23-12-13-25-27(19-23)33-20(2)29-25/h7,10-14,17-19H,3-6,8-9,15-16H2,1-2H3. The van der Waals surface area contributed by atoms with Gasteiger partial charge in [0.25, 0.3) is 5.91 Å². The van der Waals surface area contributed by atoms with Crippen LogP contribution in [0.5, 0.6) is 0 Å². The Morgan fingerprint density at radius 1 is 1.03 bits per heavy atom. The first-order valence-corrected chi connectivity index (χ1v) is 12.9. The van der Waals surface area contributed by atoms with Crippen molar-refractivity contribution in [2.45, 2.75) is 52.4 Å². The Hall–Kier alpha value is -2.92. The largest absolute Gasteiger partial charge is 0.339 e. The third-order valence-electron chi connectivity index (χ3n) is 6.66. The molecule has 2 aromatic carbocycles. The van der Waals surface area contributed by atoms with E-state index >= 15 is 0 Å². The summed E-state index contributed by atoms with van der Waals surface area (Å²) >= 11 is 1.65. The van der Waals surface area contributed by atoms with E-state index in [1.165, 1.54) is 22.5 Å². The summed E-state index contributed by atoms with van der Waals surface area (Å²) in [5.41, 5.74) is 7.19. The first kappa shape index (κ1) is 21.9. The van der Waals surface area contributed by atoms with Gasteiger partial charge in [-0.1, -0.05) is 19.1 Å². The summed E-state index contributed by atoms with van der Waals surface area (Å²) in [5, 5.41) is 1.04.